The van der Waals surface area contributed by atoms with Gasteiger partial charge in [0.05, 0.1) is 25.6 Å². The first-order valence-corrected chi connectivity index (χ1v) is 8.34. The summed E-state index contributed by atoms with van der Waals surface area (Å²) in [7, 11) is 1.64. The molecular formula is C18H22N4O3. The van der Waals surface area contributed by atoms with Gasteiger partial charge in [-0.05, 0) is 18.9 Å². The van der Waals surface area contributed by atoms with Gasteiger partial charge in [-0.15, -0.1) is 0 Å². The second-order valence-corrected chi connectivity index (χ2v) is 5.80. The lowest BCUT2D eigenvalue weighted by Crippen LogP contribution is -2.32. The maximum absolute atomic E-state index is 12.1. The highest BCUT2D eigenvalue weighted by Crippen LogP contribution is 2.18. The van der Waals surface area contributed by atoms with Crippen LogP contribution in [0.4, 0.5) is 5.82 Å². The van der Waals surface area contributed by atoms with Crippen LogP contribution in [0.25, 0.3) is 0 Å². The van der Waals surface area contributed by atoms with Crippen molar-refractivity contribution in [2.75, 3.05) is 25.6 Å². The number of hydrogen-bond acceptors (Lipinski definition) is 6. The van der Waals surface area contributed by atoms with Crippen LogP contribution in [-0.4, -0.2) is 42.2 Å². The van der Waals surface area contributed by atoms with Gasteiger partial charge in [0.2, 0.25) is 0 Å². The topological polar surface area (TPSA) is 85.4 Å². The van der Waals surface area contributed by atoms with Gasteiger partial charge in [-0.25, -0.2) is 9.97 Å². The maximum Gasteiger partial charge on any atom is 0.271 e. The number of para-hydroxylation sites is 1. The van der Waals surface area contributed by atoms with Crippen LogP contribution in [0.5, 0.6) is 5.75 Å². The van der Waals surface area contributed by atoms with Crippen LogP contribution in [-0.2, 0) is 11.3 Å². The number of ether oxygens (including phenoxy) is 2. The summed E-state index contributed by atoms with van der Waals surface area (Å²) in [5.74, 6) is 1.17. The van der Waals surface area contributed by atoms with Crippen molar-refractivity contribution in [3.8, 4) is 5.75 Å². The number of anilines is 1. The molecule has 132 valence electrons. The van der Waals surface area contributed by atoms with Crippen molar-refractivity contribution in [1.82, 2.24) is 15.3 Å². The Bertz CT molecular complexity index is 700. The van der Waals surface area contributed by atoms with E-state index in [0.717, 1.165) is 30.8 Å². The molecule has 3 rings (SSSR count). The summed E-state index contributed by atoms with van der Waals surface area (Å²) in [5, 5.41) is 6.00. The maximum atomic E-state index is 12.1. The Morgan fingerprint density at radius 1 is 1.32 bits per heavy atom. The SMILES string of the molecule is COc1ccccc1CNc1cnc(C(=O)NCC2CCCO2)cn1. The number of carbonyl (C=O) groups is 1. The molecule has 1 unspecified atom stereocenters. The number of nitrogens with one attached hydrogen (secondary N) is 2. The Labute approximate surface area is 146 Å². The first kappa shape index (κ1) is 17.2. The Balaban J connectivity index is 1.52. The third kappa shape index (κ3) is 4.67. The number of hydrogen-bond donors (Lipinski definition) is 2. The van der Waals surface area contributed by atoms with Gasteiger partial charge in [0, 0.05) is 25.3 Å². The van der Waals surface area contributed by atoms with Crippen molar-refractivity contribution in [3.05, 3.63) is 47.9 Å². The molecule has 0 spiro atoms. The van der Waals surface area contributed by atoms with E-state index in [-0.39, 0.29) is 12.0 Å². The van der Waals surface area contributed by atoms with Crippen LogP contribution in [0.15, 0.2) is 36.7 Å². The molecule has 1 amide bonds. The lowest BCUT2D eigenvalue weighted by atomic mass is 10.2. The fourth-order valence-corrected chi connectivity index (χ4v) is 2.67. The summed E-state index contributed by atoms with van der Waals surface area (Å²) in [4.78, 5) is 20.5. The van der Waals surface area contributed by atoms with E-state index < -0.39 is 0 Å². The van der Waals surface area contributed by atoms with Crippen LogP contribution in [0, 0.1) is 0 Å². The fraction of sp³-hybridized carbons (Fsp3) is 0.389. The Hall–Kier alpha value is -2.67. The van der Waals surface area contributed by atoms with E-state index in [1.165, 1.54) is 6.20 Å². The first-order valence-electron chi connectivity index (χ1n) is 8.34. The van der Waals surface area contributed by atoms with Gasteiger partial charge in [0.25, 0.3) is 5.91 Å². The molecule has 1 aliphatic rings. The molecule has 7 heteroatoms. The van der Waals surface area contributed by atoms with Gasteiger partial charge < -0.3 is 20.1 Å². The fourth-order valence-electron chi connectivity index (χ4n) is 2.67. The average Bonchev–Trinajstić information content (AvgIpc) is 3.18. The quantitative estimate of drug-likeness (QED) is 0.801. The molecule has 2 aromatic rings. The molecule has 1 aromatic heterocycles. The molecule has 2 heterocycles. The van der Waals surface area contributed by atoms with E-state index in [4.69, 9.17) is 9.47 Å². The smallest absolute Gasteiger partial charge is 0.271 e. The summed E-state index contributed by atoms with van der Waals surface area (Å²) >= 11 is 0. The van der Waals surface area contributed by atoms with E-state index in [1.807, 2.05) is 24.3 Å². The zero-order valence-electron chi connectivity index (χ0n) is 14.2. The molecule has 7 nitrogen and oxygen atoms in total. The molecule has 25 heavy (non-hydrogen) atoms. The van der Waals surface area contributed by atoms with Crippen LogP contribution in [0.2, 0.25) is 0 Å². The molecule has 0 saturated carbocycles. The largest absolute Gasteiger partial charge is 0.496 e. The molecule has 2 N–H and O–H groups in total. The predicted molar refractivity (Wildman–Crippen MR) is 93.7 cm³/mol. The molecule has 0 aliphatic carbocycles. The number of carbonyl (C=O) groups excluding carboxylic acids is 1. The van der Waals surface area contributed by atoms with Gasteiger partial charge in [-0.2, -0.15) is 0 Å². The molecule has 1 aliphatic heterocycles. The standard InChI is InChI=1S/C18H22N4O3/c1-24-16-7-3-2-5-13(16)9-20-17-12-19-15(11-21-17)18(23)22-10-14-6-4-8-25-14/h2-3,5,7,11-12,14H,4,6,8-10H2,1H3,(H,20,21)(H,22,23). The van der Waals surface area contributed by atoms with Crippen molar-refractivity contribution >= 4 is 11.7 Å². The molecule has 1 aromatic carbocycles. The summed E-state index contributed by atoms with van der Waals surface area (Å²) in [6, 6.07) is 7.76. The highest BCUT2D eigenvalue weighted by atomic mass is 16.5. The van der Waals surface area contributed by atoms with E-state index in [9.17, 15) is 4.79 Å². The van der Waals surface area contributed by atoms with E-state index in [0.29, 0.717) is 24.6 Å². The molecule has 0 bridgehead atoms. The number of amides is 1. The lowest BCUT2D eigenvalue weighted by molar-refractivity contribution is 0.0853. The second-order valence-electron chi connectivity index (χ2n) is 5.80. The van der Waals surface area contributed by atoms with Gasteiger partial charge in [0.15, 0.2) is 0 Å². The minimum Gasteiger partial charge on any atom is -0.496 e. The number of benzene rings is 1. The number of aromatic nitrogens is 2. The molecule has 1 atom stereocenters. The van der Waals surface area contributed by atoms with Gasteiger partial charge in [0.1, 0.15) is 17.3 Å². The number of methoxy groups -OCH3 is 1. The minimum atomic E-state index is -0.237. The third-order valence-electron chi connectivity index (χ3n) is 4.05. The van der Waals surface area contributed by atoms with Gasteiger partial charge in [-0.1, -0.05) is 18.2 Å². The Kier molecular flexibility index (Phi) is 5.79. The van der Waals surface area contributed by atoms with Crippen LogP contribution in [0.1, 0.15) is 28.9 Å². The van der Waals surface area contributed by atoms with Crippen LogP contribution >= 0.6 is 0 Å². The van der Waals surface area contributed by atoms with Crippen molar-refractivity contribution in [1.29, 1.82) is 0 Å². The normalized spacial score (nSPS) is 16.4. The van der Waals surface area contributed by atoms with Crippen LogP contribution in [0.3, 0.4) is 0 Å². The van der Waals surface area contributed by atoms with Crippen molar-refractivity contribution in [3.63, 3.8) is 0 Å². The zero-order valence-corrected chi connectivity index (χ0v) is 14.2. The second kappa shape index (κ2) is 8.43. The summed E-state index contributed by atoms with van der Waals surface area (Å²) < 4.78 is 10.8. The molecule has 1 saturated heterocycles. The van der Waals surface area contributed by atoms with Gasteiger partial charge >= 0.3 is 0 Å². The monoisotopic (exact) mass is 342 g/mol. The highest BCUT2D eigenvalue weighted by molar-refractivity contribution is 5.92. The Morgan fingerprint density at radius 2 is 2.20 bits per heavy atom. The summed E-state index contributed by atoms with van der Waals surface area (Å²) in [6.07, 6.45) is 5.16. The molecule has 1 fully saturated rings. The van der Waals surface area contributed by atoms with Crippen molar-refractivity contribution in [2.45, 2.75) is 25.5 Å². The summed E-state index contributed by atoms with van der Waals surface area (Å²) in [6.45, 7) is 1.84. The van der Waals surface area contributed by atoms with E-state index >= 15 is 0 Å². The van der Waals surface area contributed by atoms with E-state index in [2.05, 4.69) is 20.6 Å². The summed E-state index contributed by atoms with van der Waals surface area (Å²) in [5.41, 5.74) is 1.31. The third-order valence-corrected chi connectivity index (χ3v) is 4.05. The Morgan fingerprint density at radius 3 is 2.92 bits per heavy atom. The number of rotatable bonds is 7. The zero-order chi connectivity index (χ0) is 17.5. The highest BCUT2D eigenvalue weighted by Gasteiger charge is 2.17. The van der Waals surface area contributed by atoms with Crippen molar-refractivity contribution < 1.29 is 14.3 Å². The minimum absolute atomic E-state index is 0.110. The number of nitrogens with zero attached hydrogens (tertiary/aromatic N) is 2. The predicted octanol–water partition coefficient (Wildman–Crippen LogP) is 2.01. The van der Waals surface area contributed by atoms with Gasteiger partial charge in [-0.3, -0.25) is 4.79 Å². The molecular weight excluding hydrogens is 320 g/mol. The first-order chi connectivity index (χ1) is 12.3. The van der Waals surface area contributed by atoms with E-state index in [1.54, 1.807) is 13.3 Å². The van der Waals surface area contributed by atoms with Crippen molar-refractivity contribution in [2.24, 2.45) is 0 Å². The average molecular weight is 342 g/mol. The van der Waals surface area contributed by atoms with Crippen LogP contribution < -0.4 is 15.4 Å². The lowest BCUT2D eigenvalue weighted by Gasteiger charge is -2.11. The molecule has 0 radical (unpaired) electrons.